The average molecular weight is 728 g/mol. The number of anilines is 1. The van der Waals surface area contributed by atoms with Crippen LogP contribution >= 0.6 is 35.3 Å². The highest BCUT2D eigenvalue weighted by Gasteiger charge is 2.62. The van der Waals surface area contributed by atoms with Gasteiger partial charge in [-0.2, -0.15) is 0 Å². The highest BCUT2D eigenvalue weighted by atomic mass is 32.2. The fourth-order valence-corrected chi connectivity index (χ4v) is 10.8. The number of nitrogens with zero attached hydrogens (tertiary/aromatic N) is 1. The number of hydrogen-bond donors (Lipinski definition) is 0. The van der Waals surface area contributed by atoms with Gasteiger partial charge in [-0.25, -0.2) is 19.2 Å². The lowest BCUT2D eigenvalue weighted by atomic mass is 9.83. The van der Waals surface area contributed by atoms with E-state index in [1.807, 2.05) is 6.07 Å². The molecule has 3 aliphatic heterocycles. The van der Waals surface area contributed by atoms with E-state index in [0.29, 0.717) is 33.2 Å². The quantitative estimate of drug-likeness (QED) is 0.250. The third kappa shape index (κ3) is 6.08. The molecular formula is C34H33NO11S3. The first-order valence-corrected chi connectivity index (χ1v) is 17.3. The molecule has 3 aliphatic rings. The van der Waals surface area contributed by atoms with Crippen LogP contribution in [0.2, 0.25) is 0 Å². The second-order valence-corrected chi connectivity index (χ2v) is 14.7. The molecule has 12 nitrogen and oxygen atoms in total. The van der Waals surface area contributed by atoms with Crippen LogP contribution in [0.5, 0.6) is 11.5 Å². The number of methoxy groups -OCH3 is 4. The van der Waals surface area contributed by atoms with Crippen molar-refractivity contribution in [2.24, 2.45) is 0 Å². The van der Waals surface area contributed by atoms with Crippen LogP contribution in [0.4, 0.5) is 5.69 Å². The van der Waals surface area contributed by atoms with Gasteiger partial charge in [0.05, 0.1) is 51.8 Å². The maximum atomic E-state index is 14.3. The Hall–Kier alpha value is -4.34. The van der Waals surface area contributed by atoms with Crippen LogP contribution in [0, 0.1) is 0 Å². The van der Waals surface area contributed by atoms with Gasteiger partial charge < -0.3 is 28.4 Å². The Morgan fingerprint density at radius 3 is 1.84 bits per heavy atom. The number of carbonyl (C=O) groups excluding carboxylic acids is 5. The fraction of sp³-hybridized carbons (Fsp3) is 0.324. The van der Waals surface area contributed by atoms with Crippen LogP contribution in [0.15, 0.2) is 73.7 Å². The van der Waals surface area contributed by atoms with E-state index in [0.717, 1.165) is 56.6 Å². The molecule has 2 aromatic carbocycles. The van der Waals surface area contributed by atoms with E-state index in [9.17, 15) is 24.0 Å². The van der Waals surface area contributed by atoms with Gasteiger partial charge in [0.25, 0.3) is 5.91 Å². The number of thioether (sulfide) groups is 3. The first kappa shape index (κ1) is 36.0. The minimum Gasteiger partial charge on any atom is -0.492 e. The van der Waals surface area contributed by atoms with Crippen LogP contribution in [0.25, 0.3) is 5.57 Å². The molecule has 0 saturated heterocycles. The zero-order chi connectivity index (χ0) is 35.7. The topological polar surface area (TPSA) is 144 Å². The van der Waals surface area contributed by atoms with Gasteiger partial charge in [-0.15, -0.1) is 0 Å². The van der Waals surface area contributed by atoms with Crippen LogP contribution < -0.4 is 14.4 Å². The number of ether oxygens (including phenoxy) is 6. The Balaban J connectivity index is 1.83. The van der Waals surface area contributed by atoms with Crippen LogP contribution in [0.3, 0.4) is 0 Å². The summed E-state index contributed by atoms with van der Waals surface area (Å²) in [5, 5.41) is 0. The predicted octanol–water partition coefficient (Wildman–Crippen LogP) is 5.08. The molecular weight excluding hydrogens is 695 g/mol. The molecule has 258 valence electrons. The smallest absolute Gasteiger partial charge is 0.345 e. The first-order valence-electron chi connectivity index (χ1n) is 14.8. The lowest BCUT2D eigenvalue weighted by Crippen LogP contribution is -2.55. The molecule has 0 saturated carbocycles. The van der Waals surface area contributed by atoms with Crippen molar-refractivity contribution in [1.29, 1.82) is 0 Å². The van der Waals surface area contributed by atoms with Gasteiger partial charge in [-0.05, 0) is 39.0 Å². The van der Waals surface area contributed by atoms with E-state index >= 15 is 0 Å². The second kappa shape index (κ2) is 14.3. The third-order valence-electron chi connectivity index (χ3n) is 7.78. The largest absolute Gasteiger partial charge is 0.492 e. The van der Waals surface area contributed by atoms with Crippen molar-refractivity contribution in [3.63, 3.8) is 0 Å². The van der Waals surface area contributed by atoms with Gasteiger partial charge in [-0.3, -0.25) is 9.69 Å². The normalized spacial score (nSPS) is 17.2. The molecule has 5 rings (SSSR count). The summed E-state index contributed by atoms with van der Waals surface area (Å²) >= 11 is 2.65. The zero-order valence-corrected chi connectivity index (χ0v) is 30.1. The lowest BCUT2D eigenvalue weighted by Gasteiger charge is -2.50. The summed E-state index contributed by atoms with van der Waals surface area (Å²) in [5.74, 6) is -3.05. The SMILES string of the molecule is CCOc1cccc2c1N(C(=O)COc1ccccc1)C(C)(C)C1=C2C2(SC(C(=O)OC)=C(C(=O)OC)S2)C(C(=O)OC)=C(C(=O)OC)S1. The maximum Gasteiger partial charge on any atom is 0.345 e. The molecule has 15 heteroatoms. The van der Waals surface area contributed by atoms with Crippen molar-refractivity contribution >= 4 is 76.3 Å². The van der Waals surface area contributed by atoms with E-state index in [2.05, 4.69) is 0 Å². The summed E-state index contributed by atoms with van der Waals surface area (Å²) < 4.78 is 30.7. The minimum atomic E-state index is -1.71. The van der Waals surface area contributed by atoms with Gasteiger partial charge in [0.1, 0.15) is 30.3 Å². The molecule has 1 amide bonds. The molecule has 0 aliphatic carbocycles. The number of esters is 4. The predicted molar refractivity (Wildman–Crippen MR) is 186 cm³/mol. The molecule has 0 aromatic heterocycles. The number of rotatable bonds is 9. The van der Waals surface area contributed by atoms with Gasteiger partial charge >= 0.3 is 23.9 Å². The standard InChI is InChI=1S/C34H33NO11S3/c1-8-45-20-16-12-15-19-22-28(33(2,3)35(24(19)20)21(36)17-46-18-13-10-9-11-14-18)47-25(30(38)42-5)23(29(37)41-4)34(22)48-26(31(39)43-6)27(49-34)32(40)44-7/h9-16H,8,17H2,1-7H3. The number of fused-ring (bicyclic) bond motifs is 3. The summed E-state index contributed by atoms with van der Waals surface area (Å²) in [5.41, 5.74) is -0.160. The van der Waals surface area contributed by atoms with E-state index in [1.165, 1.54) is 7.11 Å². The number of hydrogen-bond acceptors (Lipinski definition) is 14. The molecule has 2 aromatic rings. The van der Waals surface area contributed by atoms with Crippen molar-refractivity contribution < 1.29 is 52.4 Å². The highest BCUT2D eigenvalue weighted by molar-refractivity contribution is 8.26. The lowest BCUT2D eigenvalue weighted by molar-refractivity contribution is -0.138. The molecule has 0 fully saturated rings. The summed E-state index contributed by atoms with van der Waals surface area (Å²) in [7, 11) is 4.65. The van der Waals surface area contributed by atoms with Crippen molar-refractivity contribution in [3.05, 3.63) is 79.3 Å². The average Bonchev–Trinajstić information content (AvgIpc) is 3.50. The zero-order valence-electron chi connectivity index (χ0n) is 27.7. The summed E-state index contributed by atoms with van der Waals surface area (Å²) in [4.78, 5) is 69.8. The Bertz CT molecular complexity index is 1800. The van der Waals surface area contributed by atoms with E-state index < -0.39 is 39.4 Å². The molecule has 0 N–H and O–H groups in total. The third-order valence-corrected chi connectivity index (χ3v) is 12.4. The number of para-hydroxylation sites is 2. The van der Waals surface area contributed by atoms with Crippen molar-refractivity contribution in [2.75, 3.05) is 46.6 Å². The van der Waals surface area contributed by atoms with Gasteiger partial charge in [-0.1, -0.05) is 65.6 Å². The molecule has 3 heterocycles. The van der Waals surface area contributed by atoms with Crippen molar-refractivity contribution in [1.82, 2.24) is 0 Å². The molecule has 49 heavy (non-hydrogen) atoms. The fourth-order valence-electron chi connectivity index (χ4n) is 5.75. The Morgan fingerprint density at radius 1 is 0.714 bits per heavy atom. The van der Waals surface area contributed by atoms with Gasteiger partial charge in [0.2, 0.25) is 0 Å². The molecule has 1 spiro atoms. The molecule has 0 unspecified atom stereocenters. The van der Waals surface area contributed by atoms with Gasteiger partial charge in [0, 0.05) is 16.0 Å². The van der Waals surface area contributed by atoms with E-state index in [1.54, 1.807) is 68.1 Å². The Morgan fingerprint density at radius 2 is 1.29 bits per heavy atom. The van der Waals surface area contributed by atoms with Crippen LogP contribution in [-0.2, 0) is 42.9 Å². The van der Waals surface area contributed by atoms with Crippen molar-refractivity contribution in [3.8, 4) is 11.5 Å². The second-order valence-electron chi connectivity index (χ2n) is 10.9. The Kier molecular flexibility index (Phi) is 10.5. The molecule has 0 radical (unpaired) electrons. The van der Waals surface area contributed by atoms with Crippen LogP contribution in [-0.4, -0.2) is 81.1 Å². The van der Waals surface area contributed by atoms with Crippen molar-refractivity contribution in [2.45, 2.75) is 30.4 Å². The highest BCUT2D eigenvalue weighted by Crippen LogP contribution is 2.71. The number of carbonyl (C=O) groups is 5. The first-order chi connectivity index (χ1) is 23.4. The Labute approximate surface area is 295 Å². The minimum absolute atomic E-state index is 0.140. The number of amides is 1. The van der Waals surface area contributed by atoms with E-state index in [-0.39, 0.29) is 33.5 Å². The summed E-state index contributed by atoms with van der Waals surface area (Å²) in [6, 6.07) is 14.1. The van der Waals surface area contributed by atoms with E-state index in [4.69, 9.17) is 28.4 Å². The maximum absolute atomic E-state index is 14.3. The number of benzene rings is 2. The molecule has 0 bridgehead atoms. The summed E-state index contributed by atoms with van der Waals surface area (Å²) in [6.07, 6.45) is 0. The molecule has 0 atom stereocenters. The van der Waals surface area contributed by atoms with Gasteiger partial charge in [0.15, 0.2) is 6.61 Å². The monoisotopic (exact) mass is 727 g/mol. The summed E-state index contributed by atoms with van der Waals surface area (Å²) in [6.45, 7) is 5.29. The van der Waals surface area contributed by atoms with Crippen LogP contribution in [0.1, 0.15) is 26.3 Å².